The van der Waals surface area contributed by atoms with Gasteiger partial charge in [0.1, 0.15) is 27.0 Å². The summed E-state index contributed by atoms with van der Waals surface area (Å²) in [6.07, 6.45) is 2.17. The lowest BCUT2D eigenvalue weighted by molar-refractivity contribution is 0.0714. The van der Waals surface area contributed by atoms with E-state index in [0.717, 1.165) is 5.56 Å². The molecule has 3 rings (SSSR count). The molecule has 1 aliphatic rings. The Morgan fingerprint density at radius 1 is 1.14 bits per heavy atom. The smallest absolute Gasteiger partial charge is 0.272 e. The zero-order valence-corrected chi connectivity index (χ0v) is 17.3. The van der Waals surface area contributed by atoms with Crippen molar-refractivity contribution in [2.45, 2.75) is 18.1 Å². The minimum absolute atomic E-state index is 0.157. The fourth-order valence-corrected chi connectivity index (χ4v) is 4.53. The van der Waals surface area contributed by atoms with E-state index in [1.54, 1.807) is 49.0 Å². The number of piperidine rings is 1. The summed E-state index contributed by atoms with van der Waals surface area (Å²) in [6.45, 7) is 0.832. The summed E-state index contributed by atoms with van der Waals surface area (Å²) >= 11 is 0. The van der Waals surface area contributed by atoms with Gasteiger partial charge in [-0.05, 0) is 37.1 Å². The molecular formula is C19H25N3O5S. The highest BCUT2D eigenvalue weighted by molar-refractivity contribution is 7.91. The third-order valence-electron chi connectivity index (χ3n) is 5.12. The van der Waals surface area contributed by atoms with E-state index in [0.29, 0.717) is 48.8 Å². The number of benzene rings is 1. The number of carbonyl (C=O) groups is 1. The quantitative estimate of drug-likeness (QED) is 0.750. The lowest BCUT2D eigenvalue weighted by Crippen LogP contribution is -2.42. The van der Waals surface area contributed by atoms with Crippen molar-refractivity contribution in [1.82, 2.24) is 14.7 Å². The first-order chi connectivity index (χ1) is 13.2. The van der Waals surface area contributed by atoms with Gasteiger partial charge in [-0.2, -0.15) is 5.10 Å². The average Bonchev–Trinajstić information content (AvgIpc) is 3.07. The van der Waals surface area contributed by atoms with Gasteiger partial charge in [0.05, 0.1) is 25.2 Å². The zero-order valence-electron chi connectivity index (χ0n) is 16.5. The Labute approximate surface area is 165 Å². The van der Waals surface area contributed by atoms with Gasteiger partial charge in [-0.25, -0.2) is 8.42 Å². The van der Waals surface area contributed by atoms with Gasteiger partial charge >= 0.3 is 0 Å². The number of sulfone groups is 1. The number of hydrogen-bond acceptors (Lipinski definition) is 6. The maximum Gasteiger partial charge on any atom is 0.272 e. The van der Waals surface area contributed by atoms with E-state index in [-0.39, 0.29) is 11.2 Å². The first-order valence-corrected chi connectivity index (χ1v) is 10.9. The maximum atomic E-state index is 13.0. The summed E-state index contributed by atoms with van der Waals surface area (Å²) in [6, 6.07) is 7.12. The van der Waals surface area contributed by atoms with Crippen LogP contribution in [-0.4, -0.2) is 67.8 Å². The first-order valence-electron chi connectivity index (χ1n) is 8.99. The van der Waals surface area contributed by atoms with Crippen LogP contribution < -0.4 is 9.47 Å². The van der Waals surface area contributed by atoms with Crippen LogP contribution in [0.1, 0.15) is 23.3 Å². The Hall–Kier alpha value is -2.55. The molecule has 0 unspecified atom stereocenters. The molecule has 0 N–H and O–H groups in total. The van der Waals surface area contributed by atoms with Crippen LogP contribution in [-0.2, 0) is 16.9 Å². The molecule has 2 heterocycles. The number of likely N-dealkylation sites (tertiary alicyclic amines) is 1. The average molecular weight is 407 g/mol. The fourth-order valence-electron chi connectivity index (χ4n) is 3.46. The van der Waals surface area contributed by atoms with Gasteiger partial charge in [0, 0.05) is 32.0 Å². The second kappa shape index (κ2) is 7.83. The first kappa shape index (κ1) is 20.2. The highest BCUT2D eigenvalue weighted by Gasteiger charge is 2.30. The van der Waals surface area contributed by atoms with Crippen LogP contribution in [0.25, 0.3) is 11.3 Å². The topological polar surface area (TPSA) is 90.7 Å². The Balaban J connectivity index is 1.84. The van der Waals surface area contributed by atoms with E-state index in [4.69, 9.17) is 9.47 Å². The van der Waals surface area contributed by atoms with Gasteiger partial charge in [0.15, 0.2) is 0 Å². The molecule has 0 radical (unpaired) electrons. The summed E-state index contributed by atoms with van der Waals surface area (Å²) in [5.41, 5.74) is 1.78. The van der Waals surface area contributed by atoms with Gasteiger partial charge in [-0.1, -0.05) is 0 Å². The van der Waals surface area contributed by atoms with Crippen LogP contribution in [0.2, 0.25) is 0 Å². The summed E-state index contributed by atoms with van der Waals surface area (Å²) in [5, 5.41) is 4.10. The molecule has 0 bridgehead atoms. The zero-order chi connectivity index (χ0) is 20.5. The molecule has 1 fully saturated rings. The van der Waals surface area contributed by atoms with E-state index < -0.39 is 9.84 Å². The van der Waals surface area contributed by atoms with Crippen molar-refractivity contribution in [3.05, 3.63) is 30.0 Å². The number of aryl methyl sites for hydroxylation is 1. The van der Waals surface area contributed by atoms with Crippen LogP contribution in [0, 0.1) is 0 Å². The number of ether oxygens (including phenoxy) is 2. The fraction of sp³-hybridized carbons (Fsp3) is 0.474. The summed E-state index contributed by atoms with van der Waals surface area (Å²) < 4.78 is 35.7. The largest absolute Gasteiger partial charge is 0.497 e. The number of amides is 1. The second-order valence-electron chi connectivity index (χ2n) is 6.93. The highest BCUT2D eigenvalue weighted by Crippen LogP contribution is 2.33. The van der Waals surface area contributed by atoms with Gasteiger partial charge in [0.25, 0.3) is 5.91 Å². The van der Waals surface area contributed by atoms with Crippen molar-refractivity contribution >= 4 is 15.7 Å². The molecule has 0 spiro atoms. The van der Waals surface area contributed by atoms with Crippen LogP contribution in [0.4, 0.5) is 0 Å². The number of methoxy groups -OCH3 is 2. The lowest BCUT2D eigenvalue weighted by atomic mass is 10.1. The molecule has 1 aromatic carbocycles. The number of hydrogen-bond donors (Lipinski definition) is 0. The predicted octanol–water partition coefficient (Wildman–Crippen LogP) is 1.75. The van der Waals surface area contributed by atoms with Crippen LogP contribution in [0.15, 0.2) is 24.3 Å². The Bertz CT molecular complexity index is 975. The molecule has 152 valence electrons. The summed E-state index contributed by atoms with van der Waals surface area (Å²) in [4.78, 5) is 14.6. The predicted molar refractivity (Wildman–Crippen MR) is 106 cm³/mol. The Morgan fingerprint density at radius 3 is 2.39 bits per heavy atom. The minimum Gasteiger partial charge on any atom is -0.497 e. The van der Waals surface area contributed by atoms with Crippen molar-refractivity contribution in [2.75, 3.05) is 33.6 Å². The lowest BCUT2D eigenvalue weighted by Gasteiger charge is -2.31. The molecular weight excluding hydrogens is 382 g/mol. The van der Waals surface area contributed by atoms with E-state index in [9.17, 15) is 13.2 Å². The normalized spacial score (nSPS) is 15.5. The summed E-state index contributed by atoms with van der Waals surface area (Å²) in [5.74, 6) is 1.14. The van der Waals surface area contributed by atoms with Crippen molar-refractivity contribution in [2.24, 2.45) is 7.05 Å². The SMILES string of the molecule is COc1ccc(OC)c(-c2cc(C(=O)N3CCC(S(C)(=O)=O)CC3)n(C)n2)c1. The van der Waals surface area contributed by atoms with Crippen molar-refractivity contribution in [1.29, 1.82) is 0 Å². The van der Waals surface area contributed by atoms with Crippen LogP contribution >= 0.6 is 0 Å². The van der Waals surface area contributed by atoms with Gasteiger partial charge < -0.3 is 14.4 Å². The highest BCUT2D eigenvalue weighted by atomic mass is 32.2. The molecule has 2 aromatic rings. The molecule has 28 heavy (non-hydrogen) atoms. The van der Waals surface area contributed by atoms with E-state index >= 15 is 0 Å². The minimum atomic E-state index is -3.08. The third kappa shape index (κ3) is 3.99. The molecule has 8 nitrogen and oxygen atoms in total. The number of carbonyl (C=O) groups excluding carboxylic acids is 1. The summed E-state index contributed by atoms with van der Waals surface area (Å²) in [7, 11) is 1.80. The van der Waals surface area contributed by atoms with E-state index in [1.165, 1.54) is 6.26 Å². The molecule has 1 saturated heterocycles. The number of aromatic nitrogens is 2. The molecule has 1 aromatic heterocycles. The molecule has 0 saturated carbocycles. The second-order valence-corrected chi connectivity index (χ2v) is 9.25. The van der Waals surface area contributed by atoms with Gasteiger partial charge in [-0.3, -0.25) is 9.48 Å². The number of rotatable bonds is 5. The third-order valence-corrected chi connectivity index (χ3v) is 6.80. The molecule has 0 aliphatic carbocycles. The molecule has 9 heteroatoms. The Kier molecular flexibility index (Phi) is 5.64. The monoisotopic (exact) mass is 407 g/mol. The van der Waals surface area contributed by atoms with Crippen molar-refractivity contribution in [3.8, 4) is 22.8 Å². The molecule has 1 amide bonds. The maximum absolute atomic E-state index is 13.0. The van der Waals surface area contributed by atoms with E-state index in [1.807, 2.05) is 6.07 Å². The van der Waals surface area contributed by atoms with Gasteiger partial charge in [-0.15, -0.1) is 0 Å². The standard InChI is InChI=1S/C19H25N3O5S/c1-21-17(19(23)22-9-7-14(8-10-22)28(4,24)25)12-16(20-21)15-11-13(26-2)5-6-18(15)27-3/h5-6,11-12,14H,7-10H2,1-4H3. The van der Waals surface area contributed by atoms with Crippen LogP contribution in [0.3, 0.4) is 0 Å². The van der Waals surface area contributed by atoms with Gasteiger partial charge in [0.2, 0.25) is 0 Å². The Morgan fingerprint density at radius 2 is 1.82 bits per heavy atom. The van der Waals surface area contributed by atoms with Crippen molar-refractivity contribution < 1.29 is 22.7 Å². The van der Waals surface area contributed by atoms with Crippen LogP contribution in [0.5, 0.6) is 11.5 Å². The van der Waals surface area contributed by atoms with E-state index in [2.05, 4.69) is 5.10 Å². The number of nitrogens with zero attached hydrogens (tertiary/aromatic N) is 3. The molecule has 0 atom stereocenters. The molecule has 1 aliphatic heterocycles. The van der Waals surface area contributed by atoms with Crippen molar-refractivity contribution in [3.63, 3.8) is 0 Å².